The molecule has 1 aromatic carbocycles. The lowest BCUT2D eigenvalue weighted by molar-refractivity contribution is 0.0259. The van der Waals surface area contributed by atoms with Crippen molar-refractivity contribution in [1.82, 2.24) is 0 Å². The monoisotopic (exact) mass is 255 g/mol. The predicted octanol–water partition coefficient (Wildman–Crippen LogP) is 0.443. The highest BCUT2D eigenvalue weighted by molar-refractivity contribution is 5.95. The van der Waals surface area contributed by atoms with Crippen LogP contribution in [0.4, 0.5) is 5.69 Å². The van der Waals surface area contributed by atoms with Gasteiger partial charge in [0.2, 0.25) is 0 Å². The molecule has 0 amide bonds. The number of anilines is 1. The standard InChI is InChI=1S/C12H17NO5/c1-16-9-2-3-11(13)10(8-9)12(15)18-7-6-17-5-4-14/h2-3,8,14H,4-7,13H2,1H3. The summed E-state index contributed by atoms with van der Waals surface area (Å²) in [6.45, 7) is 0.501. The Morgan fingerprint density at radius 3 is 2.78 bits per heavy atom. The maximum Gasteiger partial charge on any atom is 0.340 e. The van der Waals surface area contributed by atoms with E-state index in [1.165, 1.54) is 13.2 Å². The van der Waals surface area contributed by atoms with Gasteiger partial charge in [-0.2, -0.15) is 0 Å². The van der Waals surface area contributed by atoms with Gasteiger partial charge < -0.3 is 25.1 Å². The molecule has 0 saturated heterocycles. The molecule has 0 aromatic heterocycles. The molecule has 0 radical (unpaired) electrons. The van der Waals surface area contributed by atoms with Crippen LogP contribution in [-0.2, 0) is 9.47 Å². The fourth-order valence-corrected chi connectivity index (χ4v) is 1.28. The second kappa shape index (κ2) is 7.52. The van der Waals surface area contributed by atoms with Crippen LogP contribution in [0.3, 0.4) is 0 Å². The molecular formula is C12H17NO5. The quantitative estimate of drug-likeness (QED) is 0.417. The number of carbonyl (C=O) groups excluding carboxylic acids is 1. The lowest BCUT2D eigenvalue weighted by Crippen LogP contribution is -2.13. The van der Waals surface area contributed by atoms with E-state index in [1.807, 2.05) is 0 Å². The SMILES string of the molecule is COc1ccc(N)c(C(=O)OCCOCCO)c1. The number of nitrogen functional groups attached to an aromatic ring is 1. The van der Waals surface area contributed by atoms with Gasteiger partial charge in [0.1, 0.15) is 12.4 Å². The van der Waals surface area contributed by atoms with Crippen LogP contribution in [0.25, 0.3) is 0 Å². The van der Waals surface area contributed by atoms with Crippen LogP contribution in [-0.4, -0.2) is 44.6 Å². The normalized spacial score (nSPS) is 10.1. The molecule has 1 rings (SSSR count). The molecule has 0 bridgehead atoms. The van der Waals surface area contributed by atoms with Crippen molar-refractivity contribution < 1.29 is 24.1 Å². The van der Waals surface area contributed by atoms with Crippen molar-refractivity contribution in [3.05, 3.63) is 23.8 Å². The number of carbonyl (C=O) groups is 1. The molecule has 0 aliphatic heterocycles. The third kappa shape index (κ3) is 4.23. The average Bonchev–Trinajstić information content (AvgIpc) is 2.39. The molecule has 3 N–H and O–H groups in total. The Hall–Kier alpha value is -1.79. The highest BCUT2D eigenvalue weighted by atomic mass is 16.6. The fraction of sp³-hybridized carbons (Fsp3) is 0.417. The smallest absolute Gasteiger partial charge is 0.340 e. The largest absolute Gasteiger partial charge is 0.497 e. The summed E-state index contributed by atoms with van der Waals surface area (Å²) in [6.07, 6.45) is 0. The van der Waals surface area contributed by atoms with Crippen LogP contribution in [0.5, 0.6) is 5.75 Å². The number of rotatable bonds is 7. The number of benzene rings is 1. The zero-order chi connectivity index (χ0) is 13.4. The van der Waals surface area contributed by atoms with E-state index in [9.17, 15) is 4.79 Å². The van der Waals surface area contributed by atoms with E-state index in [0.29, 0.717) is 11.4 Å². The van der Waals surface area contributed by atoms with Crippen LogP contribution < -0.4 is 10.5 Å². The Morgan fingerprint density at radius 1 is 1.33 bits per heavy atom. The number of hydrogen-bond acceptors (Lipinski definition) is 6. The third-order valence-corrected chi connectivity index (χ3v) is 2.18. The molecule has 0 aliphatic rings. The van der Waals surface area contributed by atoms with Crippen LogP contribution in [0.1, 0.15) is 10.4 Å². The first-order valence-electron chi connectivity index (χ1n) is 5.48. The lowest BCUT2D eigenvalue weighted by Gasteiger charge is -2.08. The van der Waals surface area contributed by atoms with Crippen molar-refractivity contribution >= 4 is 11.7 Å². The van der Waals surface area contributed by atoms with Gasteiger partial charge in [-0.25, -0.2) is 4.79 Å². The summed E-state index contributed by atoms with van der Waals surface area (Å²) in [4.78, 5) is 11.7. The first-order valence-corrected chi connectivity index (χ1v) is 5.48. The summed E-state index contributed by atoms with van der Waals surface area (Å²) in [5.74, 6) is 0.00618. The number of methoxy groups -OCH3 is 1. The summed E-state index contributed by atoms with van der Waals surface area (Å²) in [7, 11) is 1.50. The van der Waals surface area contributed by atoms with Gasteiger partial charge in [-0.15, -0.1) is 0 Å². The Balaban J connectivity index is 2.50. The van der Waals surface area contributed by atoms with E-state index in [1.54, 1.807) is 12.1 Å². The van der Waals surface area contributed by atoms with Gasteiger partial charge in [0, 0.05) is 5.69 Å². The Labute approximate surface area is 105 Å². The van der Waals surface area contributed by atoms with Crippen molar-refractivity contribution in [2.45, 2.75) is 0 Å². The van der Waals surface area contributed by atoms with Crippen molar-refractivity contribution in [2.24, 2.45) is 0 Å². The molecule has 6 nitrogen and oxygen atoms in total. The van der Waals surface area contributed by atoms with E-state index in [-0.39, 0.29) is 32.0 Å². The Kier molecular flexibility index (Phi) is 5.96. The highest BCUT2D eigenvalue weighted by Crippen LogP contribution is 2.20. The zero-order valence-corrected chi connectivity index (χ0v) is 10.2. The summed E-state index contributed by atoms with van der Waals surface area (Å²) < 4.78 is 14.9. The van der Waals surface area contributed by atoms with Crippen LogP contribution in [0.15, 0.2) is 18.2 Å². The number of nitrogens with two attached hydrogens (primary N) is 1. The highest BCUT2D eigenvalue weighted by Gasteiger charge is 2.12. The first kappa shape index (κ1) is 14.3. The van der Waals surface area contributed by atoms with E-state index in [0.717, 1.165) is 0 Å². The number of aliphatic hydroxyl groups excluding tert-OH is 1. The molecular weight excluding hydrogens is 238 g/mol. The molecule has 6 heteroatoms. The van der Waals surface area contributed by atoms with Gasteiger partial charge in [-0.1, -0.05) is 0 Å². The van der Waals surface area contributed by atoms with E-state index >= 15 is 0 Å². The Morgan fingerprint density at radius 2 is 2.11 bits per heavy atom. The summed E-state index contributed by atoms with van der Waals surface area (Å²) in [5, 5.41) is 8.48. The van der Waals surface area contributed by atoms with Gasteiger partial charge in [0.05, 0.1) is 32.5 Å². The second-order valence-corrected chi connectivity index (χ2v) is 3.43. The van der Waals surface area contributed by atoms with Crippen LogP contribution in [0.2, 0.25) is 0 Å². The van der Waals surface area contributed by atoms with Gasteiger partial charge >= 0.3 is 5.97 Å². The molecule has 0 atom stereocenters. The summed E-state index contributed by atoms with van der Waals surface area (Å²) in [5.41, 5.74) is 6.27. The topological polar surface area (TPSA) is 91.0 Å². The van der Waals surface area contributed by atoms with Gasteiger partial charge in [0.25, 0.3) is 0 Å². The first-order chi connectivity index (χ1) is 8.69. The minimum Gasteiger partial charge on any atom is -0.497 e. The second-order valence-electron chi connectivity index (χ2n) is 3.43. The molecule has 0 saturated carbocycles. The molecule has 0 fully saturated rings. The molecule has 1 aromatic rings. The Bertz CT molecular complexity index is 394. The van der Waals surface area contributed by atoms with Crippen LogP contribution in [0, 0.1) is 0 Å². The maximum absolute atomic E-state index is 11.7. The molecule has 0 unspecified atom stereocenters. The maximum atomic E-state index is 11.7. The van der Waals surface area contributed by atoms with E-state index in [4.69, 9.17) is 25.1 Å². The lowest BCUT2D eigenvalue weighted by atomic mass is 10.2. The van der Waals surface area contributed by atoms with Crippen molar-refractivity contribution in [3.63, 3.8) is 0 Å². The molecule has 0 aliphatic carbocycles. The van der Waals surface area contributed by atoms with Crippen LogP contribution >= 0.6 is 0 Å². The minimum absolute atomic E-state index is 0.0588. The van der Waals surface area contributed by atoms with Crippen molar-refractivity contribution in [2.75, 3.05) is 39.3 Å². The summed E-state index contributed by atoms with van der Waals surface area (Å²) >= 11 is 0. The molecule has 0 spiro atoms. The fourth-order valence-electron chi connectivity index (χ4n) is 1.28. The number of esters is 1. The zero-order valence-electron chi connectivity index (χ0n) is 10.2. The number of hydrogen-bond donors (Lipinski definition) is 2. The van der Waals surface area contributed by atoms with Gasteiger partial charge in [0.15, 0.2) is 0 Å². The van der Waals surface area contributed by atoms with E-state index < -0.39 is 5.97 Å². The predicted molar refractivity (Wildman–Crippen MR) is 65.6 cm³/mol. The molecule has 100 valence electrons. The minimum atomic E-state index is -0.529. The van der Waals surface area contributed by atoms with Crippen molar-refractivity contribution in [1.29, 1.82) is 0 Å². The molecule has 18 heavy (non-hydrogen) atoms. The number of aliphatic hydroxyl groups is 1. The van der Waals surface area contributed by atoms with Crippen molar-refractivity contribution in [3.8, 4) is 5.75 Å². The summed E-state index contributed by atoms with van der Waals surface area (Å²) in [6, 6.07) is 4.76. The molecule has 0 heterocycles. The van der Waals surface area contributed by atoms with Gasteiger partial charge in [-0.3, -0.25) is 0 Å². The van der Waals surface area contributed by atoms with E-state index in [2.05, 4.69) is 0 Å². The average molecular weight is 255 g/mol. The third-order valence-electron chi connectivity index (χ3n) is 2.18. The number of ether oxygens (including phenoxy) is 3. The van der Waals surface area contributed by atoms with Gasteiger partial charge in [-0.05, 0) is 18.2 Å².